The number of sulfonamides is 1. The molecule has 8 heteroatoms. The summed E-state index contributed by atoms with van der Waals surface area (Å²) in [6, 6.07) is 13.7. The van der Waals surface area contributed by atoms with Crippen molar-refractivity contribution in [2.45, 2.75) is 25.3 Å². The molecule has 1 N–H and O–H groups in total. The Balaban J connectivity index is 1.87. The van der Waals surface area contributed by atoms with E-state index in [-0.39, 0.29) is 17.4 Å². The lowest BCUT2D eigenvalue weighted by atomic mass is 10.2. The maximum absolute atomic E-state index is 12.4. The molecule has 27 heavy (non-hydrogen) atoms. The lowest BCUT2D eigenvalue weighted by Crippen LogP contribution is -2.30. The van der Waals surface area contributed by atoms with Gasteiger partial charge in [-0.05, 0) is 42.0 Å². The van der Waals surface area contributed by atoms with E-state index in [2.05, 4.69) is 21.2 Å². The van der Waals surface area contributed by atoms with Gasteiger partial charge in [0.1, 0.15) is 5.75 Å². The lowest BCUT2D eigenvalue weighted by Gasteiger charge is -2.18. The molecule has 0 aliphatic carbocycles. The number of nitrogens with one attached hydrogen (secondary N) is 1. The molecule has 0 spiro atoms. The zero-order valence-corrected chi connectivity index (χ0v) is 17.7. The second kappa shape index (κ2) is 9.87. The van der Waals surface area contributed by atoms with E-state index in [0.29, 0.717) is 25.4 Å². The third kappa shape index (κ3) is 6.05. The van der Waals surface area contributed by atoms with Crippen molar-refractivity contribution in [3.05, 3.63) is 58.6 Å². The van der Waals surface area contributed by atoms with Crippen molar-refractivity contribution in [2.24, 2.45) is 0 Å². The Morgan fingerprint density at radius 2 is 1.63 bits per heavy atom. The van der Waals surface area contributed by atoms with Gasteiger partial charge >= 0.3 is 0 Å². The molecule has 0 atom stereocenters. The summed E-state index contributed by atoms with van der Waals surface area (Å²) < 4.78 is 32.6. The molecular weight excluding hydrogens is 432 g/mol. The van der Waals surface area contributed by atoms with Crippen LogP contribution in [0.5, 0.6) is 5.75 Å². The van der Waals surface area contributed by atoms with Crippen LogP contribution in [0.25, 0.3) is 0 Å². The first-order valence-corrected chi connectivity index (χ1v) is 10.8. The van der Waals surface area contributed by atoms with Crippen molar-refractivity contribution in [1.29, 1.82) is 0 Å². The number of nitrogens with zero attached hydrogens (tertiary/aromatic N) is 1. The number of rotatable bonds is 9. The SMILES string of the molecule is CCN(CC)S(=O)(=O)c1ccc(CNC(=O)COc2ccc(Br)cc2)cc1. The van der Waals surface area contributed by atoms with Crippen LogP contribution in [0.15, 0.2) is 57.9 Å². The maximum atomic E-state index is 12.4. The number of halogens is 1. The number of benzene rings is 2. The molecule has 0 radical (unpaired) electrons. The van der Waals surface area contributed by atoms with Gasteiger partial charge in [-0.3, -0.25) is 4.79 Å². The van der Waals surface area contributed by atoms with Gasteiger partial charge in [0, 0.05) is 24.1 Å². The predicted molar refractivity (Wildman–Crippen MR) is 108 cm³/mol. The fourth-order valence-electron chi connectivity index (χ4n) is 2.42. The molecule has 6 nitrogen and oxygen atoms in total. The average Bonchev–Trinajstić information content (AvgIpc) is 2.67. The van der Waals surface area contributed by atoms with E-state index < -0.39 is 10.0 Å². The van der Waals surface area contributed by atoms with Crippen molar-refractivity contribution in [2.75, 3.05) is 19.7 Å². The van der Waals surface area contributed by atoms with Crippen LogP contribution in [0.2, 0.25) is 0 Å². The molecule has 2 rings (SSSR count). The molecule has 146 valence electrons. The molecule has 1 amide bonds. The second-order valence-electron chi connectivity index (χ2n) is 5.75. The van der Waals surface area contributed by atoms with E-state index in [9.17, 15) is 13.2 Å². The van der Waals surface area contributed by atoms with Crippen LogP contribution in [0.4, 0.5) is 0 Å². The van der Waals surface area contributed by atoms with Crippen molar-refractivity contribution in [3.8, 4) is 5.75 Å². The molecule has 2 aromatic rings. The van der Waals surface area contributed by atoms with Gasteiger partial charge in [-0.2, -0.15) is 4.31 Å². The Kier molecular flexibility index (Phi) is 7.82. The van der Waals surface area contributed by atoms with Gasteiger partial charge in [0.25, 0.3) is 5.91 Å². The summed E-state index contributed by atoms with van der Waals surface area (Å²) in [5.74, 6) is 0.358. The van der Waals surface area contributed by atoms with Crippen LogP contribution in [-0.4, -0.2) is 38.3 Å². The second-order valence-corrected chi connectivity index (χ2v) is 8.61. The van der Waals surface area contributed by atoms with Crippen LogP contribution in [0, 0.1) is 0 Å². The summed E-state index contributed by atoms with van der Waals surface area (Å²) in [5, 5.41) is 2.75. The first kappa shape index (κ1) is 21.4. The lowest BCUT2D eigenvalue weighted by molar-refractivity contribution is -0.123. The van der Waals surface area contributed by atoms with Crippen molar-refractivity contribution in [1.82, 2.24) is 9.62 Å². The molecule has 0 saturated carbocycles. The largest absolute Gasteiger partial charge is 0.484 e. The topological polar surface area (TPSA) is 75.7 Å². The molecule has 0 saturated heterocycles. The third-order valence-corrected chi connectivity index (χ3v) is 6.53. The van der Waals surface area contributed by atoms with Crippen LogP contribution in [-0.2, 0) is 21.4 Å². The van der Waals surface area contributed by atoms with Gasteiger partial charge in [0.15, 0.2) is 6.61 Å². The highest BCUT2D eigenvalue weighted by atomic mass is 79.9. The number of carbonyl (C=O) groups is 1. The van der Waals surface area contributed by atoms with Crippen molar-refractivity contribution >= 4 is 31.9 Å². The molecule has 0 aliphatic heterocycles. The molecule has 0 heterocycles. The summed E-state index contributed by atoms with van der Waals surface area (Å²) in [6.07, 6.45) is 0. The van der Waals surface area contributed by atoms with E-state index in [0.717, 1.165) is 10.0 Å². The highest BCUT2D eigenvalue weighted by molar-refractivity contribution is 9.10. The molecule has 0 bridgehead atoms. The van der Waals surface area contributed by atoms with Gasteiger partial charge in [-0.15, -0.1) is 0 Å². The average molecular weight is 455 g/mol. The summed E-state index contributed by atoms with van der Waals surface area (Å²) >= 11 is 3.33. The van der Waals surface area contributed by atoms with Crippen LogP contribution < -0.4 is 10.1 Å². The monoisotopic (exact) mass is 454 g/mol. The minimum Gasteiger partial charge on any atom is -0.484 e. The van der Waals surface area contributed by atoms with Gasteiger partial charge in [0.05, 0.1) is 4.90 Å². The van der Waals surface area contributed by atoms with Gasteiger partial charge in [-0.1, -0.05) is 41.9 Å². The standard InChI is InChI=1S/C19H23BrN2O4S/c1-3-22(4-2)27(24,25)18-11-5-15(6-12-18)13-21-19(23)14-26-17-9-7-16(20)8-10-17/h5-12H,3-4,13-14H2,1-2H3,(H,21,23). The number of ether oxygens (including phenoxy) is 1. The first-order valence-electron chi connectivity index (χ1n) is 8.61. The van der Waals surface area contributed by atoms with E-state index in [1.54, 1.807) is 50.2 Å². The molecule has 0 aromatic heterocycles. The van der Waals surface area contributed by atoms with Crippen LogP contribution in [0.3, 0.4) is 0 Å². The number of hydrogen-bond donors (Lipinski definition) is 1. The molecule has 0 unspecified atom stereocenters. The van der Waals surface area contributed by atoms with Crippen molar-refractivity contribution in [3.63, 3.8) is 0 Å². The minimum absolute atomic E-state index is 0.0872. The Bertz CT molecular complexity index is 848. The zero-order valence-electron chi connectivity index (χ0n) is 15.3. The van der Waals surface area contributed by atoms with Gasteiger partial charge in [-0.25, -0.2) is 8.42 Å². The molecular formula is C19H23BrN2O4S. The minimum atomic E-state index is -3.47. The number of amides is 1. The van der Waals surface area contributed by atoms with Crippen LogP contribution >= 0.6 is 15.9 Å². The smallest absolute Gasteiger partial charge is 0.258 e. The predicted octanol–water partition coefficient (Wildman–Crippen LogP) is 3.17. The molecule has 2 aromatic carbocycles. The number of hydrogen-bond acceptors (Lipinski definition) is 4. The third-order valence-electron chi connectivity index (χ3n) is 3.94. The quantitative estimate of drug-likeness (QED) is 0.631. The zero-order chi connectivity index (χ0) is 19.9. The van der Waals surface area contributed by atoms with Crippen molar-refractivity contribution < 1.29 is 17.9 Å². The fraction of sp³-hybridized carbons (Fsp3) is 0.316. The van der Waals surface area contributed by atoms with Crippen LogP contribution in [0.1, 0.15) is 19.4 Å². The maximum Gasteiger partial charge on any atom is 0.258 e. The Morgan fingerprint density at radius 1 is 1.04 bits per heavy atom. The Morgan fingerprint density at radius 3 is 2.19 bits per heavy atom. The number of carbonyl (C=O) groups excluding carboxylic acids is 1. The summed E-state index contributed by atoms with van der Waals surface area (Å²) in [4.78, 5) is 12.2. The van der Waals surface area contributed by atoms with E-state index in [1.807, 2.05) is 12.1 Å². The molecule has 0 fully saturated rings. The Hall–Kier alpha value is -1.90. The summed E-state index contributed by atoms with van der Waals surface area (Å²) in [6.45, 7) is 4.68. The summed E-state index contributed by atoms with van der Waals surface area (Å²) in [7, 11) is -3.47. The van der Waals surface area contributed by atoms with Gasteiger partial charge in [0.2, 0.25) is 10.0 Å². The Labute approximate surface area is 168 Å². The van der Waals surface area contributed by atoms with Gasteiger partial charge < -0.3 is 10.1 Å². The highest BCUT2D eigenvalue weighted by Crippen LogP contribution is 2.17. The summed E-state index contributed by atoms with van der Waals surface area (Å²) in [5.41, 5.74) is 0.811. The van der Waals surface area contributed by atoms with E-state index in [1.165, 1.54) is 4.31 Å². The highest BCUT2D eigenvalue weighted by Gasteiger charge is 2.21. The first-order chi connectivity index (χ1) is 12.9. The normalized spacial score (nSPS) is 11.4. The fourth-order valence-corrected chi connectivity index (χ4v) is 4.15. The van der Waals surface area contributed by atoms with E-state index >= 15 is 0 Å². The van der Waals surface area contributed by atoms with E-state index in [4.69, 9.17) is 4.74 Å². The molecule has 0 aliphatic rings.